The number of fused-ring (bicyclic) bond motifs is 1. The Kier molecular flexibility index (Phi) is 4.42. The molecule has 0 saturated carbocycles. The molecule has 1 amide bonds. The first-order chi connectivity index (χ1) is 11.0. The number of nitro groups is 1. The molecular weight excluding hydrogens is 305 g/mol. The molecule has 0 radical (unpaired) electrons. The van der Waals surface area contributed by atoms with Crippen LogP contribution in [0.5, 0.6) is 5.75 Å². The molecule has 2 heterocycles. The van der Waals surface area contributed by atoms with E-state index in [0.29, 0.717) is 19.6 Å². The molecule has 0 unspecified atom stereocenters. The van der Waals surface area contributed by atoms with Crippen molar-refractivity contribution in [2.45, 2.75) is 18.9 Å². The second-order valence-electron chi connectivity index (χ2n) is 5.80. The van der Waals surface area contributed by atoms with Gasteiger partial charge >= 0.3 is 0 Å². The van der Waals surface area contributed by atoms with Crippen LogP contribution in [0, 0.1) is 15.9 Å². The second-order valence-corrected chi connectivity index (χ2v) is 5.80. The molecule has 1 aromatic rings. The van der Waals surface area contributed by atoms with Crippen molar-refractivity contribution >= 4 is 11.6 Å². The van der Waals surface area contributed by atoms with Gasteiger partial charge in [0.25, 0.3) is 5.69 Å². The number of non-ortho nitro benzene ring substituents is 1. The Morgan fingerprint density at radius 2 is 2.22 bits per heavy atom. The standard InChI is InChI=1S/C15H18FN3O4/c16-13-9-11(19(21)22)1-3-14(13)23-8-7-17-5-6-18-12(10-17)2-4-15(18)20/h1,3,9,12H,2,4-8,10H2/t12-/m0/s1. The third-order valence-corrected chi connectivity index (χ3v) is 4.37. The van der Waals surface area contributed by atoms with E-state index in [9.17, 15) is 19.3 Å². The third kappa shape index (κ3) is 3.42. The van der Waals surface area contributed by atoms with Crippen LogP contribution >= 0.6 is 0 Å². The first-order valence-electron chi connectivity index (χ1n) is 7.63. The minimum absolute atomic E-state index is 0.0188. The molecule has 0 aromatic heterocycles. The number of piperazine rings is 1. The van der Waals surface area contributed by atoms with Gasteiger partial charge in [0.15, 0.2) is 11.6 Å². The SMILES string of the molecule is O=C1CC[C@H]2CN(CCOc3ccc([N+](=O)[O-])cc3F)CCN12. The first-order valence-corrected chi connectivity index (χ1v) is 7.63. The number of carbonyl (C=O) groups is 1. The van der Waals surface area contributed by atoms with E-state index in [1.807, 2.05) is 4.90 Å². The van der Waals surface area contributed by atoms with Crippen LogP contribution in [0.3, 0.4) is 0 Å². The third-order valence-electron chi connectivity index (χ3n) is 4.37. The summed E-state index contributed by atoms with van der Waals surface area (Å²) in [5, 5.41) is 10.6. The van der Waals surface area contributed by atoms with Crippen LogP contribution in [-0.2, 0) is 4.79 Å². The minimum Gasteiger partial charge on any atom is -0.489 e. The Labute approximate surface area is 132 Å². The fourth-order valence-electron chi connectivity index (χ4n) is 3.14. The highest BCUT2D eigenvalue weighted by Crippen LogP contribution is 2.24. The predicted molar refractivity (Wildman–Crippen MR) is 79.7 cm³/mol. The van der Waals surface area contributed by atoms with Gasteiger partial charge in [-0.05, 0) is 12.5 Å². The van der Waals surface area contributed by atoms with Gasteiger partial charge in [-0.25, -0.2) is 4.39 Å². The van der Waals surface area contributed by atoms with Crippen LogP contribution in [0.2, 0.25) is 0 Å². The van der Waals surface area contributed by atoms with Gasteiger partial charge in [-0.2, -0.15) is 0 Å². The number of carbonyl (C=O) groups excluding carboxylic acids is 1. The number of hydrogen-bond acceptors (Lipinski definition) is 5. The smallest absolute Gasteiger partial charge is 0.272 e. The molecule has 1 atom stereocenters. The Morgan fingerprint density at radius 3 is 2.96 bits per heavy atom. The largest absolute Gasteiger partial charge is 0.489 e. The fourth-order valence-corrected chi connectivity index (χ4v) is 3.14. The van der Waals surface area contributed by atoms with E-state index < -0.39 is 10.7 Å². The van der Waals surface area contributed by atoms with Crippen molar-refractivity contribution in [1.29, 1.82) is 0 Å². The number of hydrogen-bond donors (Lipinski definition) is 0. The van der Waals surface area contributed by atoms with Gasteiger partial charge < -0.3 is 9.64 Å². The summed E-state index contributed by atoms with van der Waals surface area (Å²) in [7, 11) is 0. The number of benzene rings is 1. The lowest BCUT2D eigenvalue weighted by atomic mass is 10.1. The van der Waals surface area contributed by atoms with Crippen molar-refractivity contribution in [1.82, 2.24) is 9.80 Å². The summed E-state index contributed by atoms with van der Waals surface area (Å²) in [6, 6.07) is 3.65. The van der Waals surface area contributed by atoms with Crippen molar-refractivity contribution < 1.29 is 18.8 Å². The molecule has 0 bridgehead atoms. The summed E-state index contributed by atoms with van der Waals surface area (Å²) < 4.78 is 19.1. The molecule has 1 aromatic carbocycles. The predicted octanol–water partition coefficient (Wildman–Crippen LogP) is 1.42. The number of nitro benzene ring substituents is 1. The van der Waals surface area contributed by atoms with Gasteiger partial charge in [-0.15, -0.1) is 0 Å². The van der Waals surface area contributed by atoms with Crippen LogP contribution in [0.15, 0.2) is 18.2 Å². The van der Waals surface area contributed by atoms with Gasteiger partial charge in [-0.1, -0.05) is 0 Å². The molecule has 124 valence electrons. The molecule has 2 aliphatic heterocycles. The van der Waals surface area contributed by atoms with Gasteiger partial charge in [0.05, 0.1) is 11.0 Å². The van der Waals surface area contributed by atoms with E-state index in [0.717, 1.165) is 32.1 Å². The minimum atomic E-state index is -0.731. The van der Waals surface area contributed by atoms with Crippen molar-refractivity contribution in [3.05, 3.63) is 34.1 Å². The molecule has 2 fully saturated rings. The maximum absolute atomic E-state index is 13.7. The molecule has 0 spiro atoms. The van der Waals surface area contributed by atoms with Gasteiger partial charge in [0.1, 0.15) is 6.61 Å². The van der Waals surface area contributed by atoms with Crippen LogP contribution < -0.4 is 4.74 Å². The molecule has 3 rings (SSSR count). The average Bonchev–Trinajstić information content (AvgIpc) is 2.89. The zero-order valence-corrected chi connectivity index (χ0v) is 12.6. The van der Waals surface area contributed by atoms with E-state index in [2.05, 4.69) is 4.90 Å². The average molecular weight is 323 g/mol. The lowest BCUT2D eigenvalue weighted by Gasteiger charge is -2.37. The normalized spacial score (nSPS) is 21.3. The number of halogens is 1. The lowest BCUT2D eigenvalue weighted by Crippen LogP contribution is -2.52. The molecule has 7 nitrogen and oxygen atoms in total. The Morgan fingerprint density at radius 1 is 1.39 bits per heavy atom. The number of amides is 1. The highest BCUT2D eigenvalue weighted by atomic mass is 19.1. The second kappa shape index (κ2) is 6.49. The first kappa shape index (κ1) is 15.7. The highest BCUT2D eigenvalue weighted by molar-refractivity contribution is 5.78. The van der Waals surface area contributed by atoms with Gasteiger partial charge in [-0.3, -0.25) is 19.8 Å². The van der Waals surface area contributed by atoms with E-state index in [1.54, 1.807) is 0 Å². The van der Waals surface area contributed by atoms with Gasteiger partial charge in [0.2, 0.25) is 5.91 Å². The van der Waals surface area contributed by atoms with Crippen molar-refractivity contribution in [2.75, 3.05) is 32.8 Å². The maximum atomic E-state index is 13.7. The van der Waals surface area contributed by atoms with Gasteiger partial charge in [0, 0.05) is 44.7 Å². The quantitative estimate of drug-likeness (QED) is 0.605. The Bertz CT molecular complexity index is 625. The molecule has 8 heteroatoms. The van der Waals surface area contributed by atoms with E-state index in [-0.39, 0.29) is 23.4 Å². The van der Waals surface area contributed by atoms with Crippen molar-refractivity contribution in [3.8, 4) is 5.75 Å². The number of rotatable bonds is 5. The van der Waals surface area contributed by atoms with E-state index in [1.165, 1.54) is 12.1 Å². The zero-order chi connectivity index (χ0) is 16.4. The van der Waals surface area contributed by atoms with E-state index >= 15 is 0 Å². The molecular formula is C15H18FN3O4. The molecule has 0 N–H and O–H groups in total. The summed E-state index contributed by atoms with van der Waals surface area (Å²) in [6.45, 7) is 3.27. The fraction of sp³-hybridized carbons (Fsp3) is 0.533. The summed E-state index contributed by atoms with van der Waals surface area (Å²) in [5.41, 5.74) is -0.295. The molecule has 0 aliphatic carbocycles. The summed E-state index contributed by atoms with van der Waals surface area (Å²) in [6.07, 6.45) is 1.52. The van der Waals surface area contributed by atoms with Crippen LogP contribution in [0.1, 0.15) is 12.8 Å². The Balaban J connectivity index is 1.48. The van der Waals surface area contributed by atoms with Crippen LogP contribution in [0.4, 0.5) is 10.1 Å². The topological polar surface area (TPSA) is 75.9 Å². The summed E-state index contributed by atoms with van der Waals surface area (Å²) in [4.78, 5) is 25.7. The molecule has 23 heavy (non-hydrogen) atoms. The number of ether oxygens (including phenoxy) is 1. The monoisotopic (exact) mass is 323 g/mol. The van der Waals surface area contributed by atoms with Crippen LogP contribution in [0.25, 0.3) is 0 Å². The van der Waals surface area contributed by atoms with Crippen LogP contribution in [-0.4, -0.2) is 59.5 Å². The Hall–Kier alpha value is -2.22. The van der Waals surface area contributed by atoms with Crippen molar-refractivity contribution in [2.24, 2.45) is 0 Å². The lowest BCUT2D eigenvalue weighted by molar-refractivity contribution is -0.385. The van der Waals surface area contributed by atoms with Crippen molar-refractivity contribution in [3.63, 3.8) is 0 Å². The van der Waals surface area contributed by atoms with E-state index in [4.69, 9.17) is 4.74 Å². The molecule has 2 saturated heterocycles. The maximum Gasteiger partial charge on any atom is 0.272 e. The zero-order valence-electron chi connectivity index (χ0n) is 12.6. The highest BCUT2D eigenvalue weighted by Gasteiger charge is 2.35. The summed E-state index contributed by atoms with van der Waals surface area (Å²) in [5.74, 6) is -0.477. The summed E-state index contributed by atoms with van der Waals surface area (Å²) >= 11 is 0. The molecule has 2 aliphatic rings. The number of nitrogens with zero attached hydrogens (tertiary/aromatic N) is 3.